The molecule has 1 aliphatic rings. The Morgan fingerprint density at radius 1 is 1.19 bits per heavy atom. The Balaban J connectivity index is 2.28. The maximum atomic E-state index is 12.9. The highest BCUT2D eigenvalue weighted by atomic mass is 32.2. The Hall–Kier alpha value is -1.67. The van der Waals surface area contributed by atoms with Crippen molar-refractivity contribution in [2.45, 2.75) is 69.5 Å². The van der Waals surface area contributed by atoms with Gasteiger partial charge in [0.1, 0.15) is 6.54 Å². The van der Waals surface area contributed by atoms with Crippen molar-refractivity contribution in [3.8, 4) is 0 Å². The van der Waals surface area contributed by atoms with Crippen molar-refractivity contribution in [3.63, 3.8) is 0 Å². The Morgan fingerprint density at radius 3 is 2.35 bits per heavy atom. The molecule has 26 heavy (non-hydrogen) atoms. The van der Waals surface area contributed by atoms with Crippen LogP contribution in [0, 0.1) is 0 Å². The van der Waals surface area contributed by atoms with Crippen molar-refractivity contribution >= 4 is 15.9 Å². The van der Waals surface area contributed by atoms with E-state index < -0.39 is 10.0 Å². The average Bonchev–Trinajstić information content (AvgIpc) is 2.57. The van der Waals surface area contributed by atoms with Gasteiger partial charge in [0.15, 0.2) is 0 Å². The predicted octanol–water partition coefficient (Wildman–Crippen LogP) is 1.67. The van der Waals surface area contributed by atoms with Crippen LogP contribution >= 0.6 is 0 Å². The van der Waals surface area contributed by atoms with E-state index in [9.17, 15) is 18.0 Å². The lowest BCUT2D eigenvalue weighted by Gasteiger charge is -2.37. The lowest BCUT2D eigenvalue weighted by molar-refractivity contribution is -0.137. The summed E-state index contributed by atoms with van der Waals surface area (Å²) in [5, 5.41) is 0. The van der Waals surface area contributed by atoms with Gasteiger partial charge in [0, 0.05) is 38.4 Å². The zero-order valence-electron chi connectivity index (χ0n) is 16.0. The van der Waals surface area contributed by atoms with Crippen molar-refractivity contribution in [3.05, 3.63) is 28.7 Å². The number of hydrogen-bond donors (Lipinski definition) is 0. The molecule has 146 valence electrons. The smallest absolute Gasteiger partial charge is 0.251 e. The van der Waals surface area contributed by atoms with Crippen LogP contribution in [-0.2, 0) is 21.4 Å². The van der Waals surface area contributed by atoms with Crippen LogP contribution in [0.1, 0.15) is 46.0 Å². The van der Waals surface area contributed by atoms with Crippen molar-refractivity contribution < 1.29 is 13.2 Å². The first-order valence-corrected chi connectivity index (χ1v) is 10.5. The third-order valence-corrected chi connectivity index (χ3v) is 6.65. The molecular formula is C18H29N3O4S. The van der Waals surface area contributed by atoms with Gasteiger partial charge in [0.2, 0.25) is 15.9 Å². The Bertz CT molecular complexity index is 793. The molecule has 0 atom stereocenters. The number of nitrogens with zero attached hydrogens (tertiary/aromatic N) is 3. The predicted molar refractivity (Wildman–Crippen MR) is 100 cm³/mol. The summed E-state index contributed by atoms with van der Waals surface area (Å²) in [6.07, 6.45) is 6.63. The Labute approximate surface area is 155 Å². The van der Waals surface area contributed by atoms with E-state index in [1.807, 2.05) is 18.7 Å². The highest BCUT2D eigenvalue weighted by molar-refractivity contribution is 7.89. The normalized spacial score (nSPS) is 16.2. The summed E-state index contributed by atoms with van der Waals surface area (Å²) in [5.41, 5.74) is -0.386. The summed E-state index contributed by atoms with van der Waals surface area (Å²) in [5.74, 6) is -0.145. The highest BCUT2D eigenvalue weighted by Crippen LogP contribution is 2.24. The van der Waals surface area contributed by atoms with E-state index in [4.69, 9.17) is 0 Å². The van der Waals surface area contributed by atoms with Gasteiger partial charge in [-0.25, -0.2) is 12.7 Å². The van der Waals surface area contributed by atoms with E-state index in [-0.39, 0.29) is 35.0 Å². The third kappa shape index (κ3) is 4.54. The first kappa shape index (κ1) is 20.6. The second-order valence-electron chi connectivity index (χ2n) is 7.30. The van der Waals surface area contributed by atoms with Gasteiger partial charge in [-0.2, -0.15) is 0 Å². The largest absolute Gasteiger partial charge is 0.336 e. The van der Waals surface area contributed by atoms with E-state index in [0.717, 1.165) is 30.0 Å². The minimum atomic E-state index is -3.66. The molecule has 1 aliphatic carbocycles. The first-order valence-electron chi connectivity index (χ1n) is 9.08. The maximum Gasteiger partial charge on any atom is 0.251 e. The topological polar surface area (TPSA) is 79.7 Å². The van der Waals surface area contributed by atoms with E-state index in [2.05, 4.69) is 0 Å². The molecule has 2 rings (SSSR count). The fourth-order valence-electron chi connectivity index (χ4n) is 3.50. The van der Waals surface area contributed by atoms with Crippen LogP contribution in [0.3, 0.4) is 0 Å². The Morgan fingerprint density at radius 2 is 1.81 bits per heavy atom. The number of carbonyl (C=O) groups is 1. The third-order valence-electron chi connectivity index (χ3n) is 4.85. The van der Waals surface area contributed by atoms with E-state index in [1.54, 1.807) is 0 Å². The van der Waals surface area contributed by atoms with E-state index >= 15 is 0 Å². The van der Waals surface area contributed by atoms with Gasteiger partial charge in [-0.05, 0) is 32.8 Å². The zero-order valence-corrected chi connectivity index (χ0v) is 16.8. The molecule has 0 spiro atoms. The molecule has 0 unspecified atom stereocenters. The summed E-state index contributed by atoms with van der Waals surface area (Å²) < 4.78 is 26.8. The second kappa shape index (κ2) is 8.35. The van der Waals surface area contributed by atoms with Crippen molar-refractivity contribution in [2.75, 3.05) is 14.1 Å². The molecule has 1 heterocycles. The number of sulfonamides is 1. The molecule has 0 saturated heterocycles. The van der Waals surface area contributed by atoms with Crippen LogP contribution in [-0.4, -0.2) is 54.3 Å². The van der Waals surface area contributed by atoms with Crippen molar-refractivity contribution in [1.29, 1.82) is 0 Å². The molecule has 0 aromatic carbocycles. The molecule has 0 aliphatic heterocycles. The van der Waals surface area contributed by atoms with Crippen molar-refractivity contribution in [2.24, 2.45) is 0 Å². The summed E-state index contributed by atoms with van der Waals surface area (Å²) in [4.78, 5) is 26.9. The SMILES string of the molecule is CC(C)N(C(=O)Cn1cc(S(=O)(=O)N(C)C)ccc1=O)C1CCCCC1. The first-order chi connectivity index (χ1) is 12.1. The zero-order chi connectivity index (χ0) is 19.5. The number of hydrogen-bond acceptors (Lipinski definition) is 4. The van der Waals surface area contributed by atoms with E-state index in [0.29, 0.717) is 0 Å². The number of rotatable bonds is 6. The van der Waals surface area contributed by atoms with Gasteiger partial charge in [0.25, 0.3) is 5.56 Å². The number of amides is 1. The van der Waals surface area contributed by atoms with Gasteiger partial charge >= 0.3 is 0 Å². The molecule has 8 heteroatoms. The molecule has 0 N–H and O–H groups in total. The number of aromatic nitrogens is 1. The summed E-state index contributed by atoms with van der Waals surface area (Å²) in [6.45, 7) is 3.80. The molecule has 7 nitrogen and oxygen atoms in total. The summed E-state index contributed by atoms with van der Waals surface area (Å²) >= 11 is 0. The molecular weight excluding hydrogens is 354 g/mol. The van der Waals surface area contributed by atoms with Crippen LogP contribution in [0.15, 0.2) is 28.0 Å². The average molecular weight is 384 g/mol. The quantitative estimate of drug-likeness (QED) is 0.748. The highest BCUT2D eigenvalue weighted by Gasteiger charge is 2.28. The second-order valence-corrected chi connectivity index (χ2v) is 9.46. The molecule has 1 saturated carbocycles. The number of carbonyl (C=O) groups excluding carboxylic acids is 1. The molecule has 1 aromatic rings. The minimum absolute atomic E-state index is 0.00339. The maximum absolute atomic E-state index is 12.9. The van der Waals surface area contributed by atoms with E-state index in [1.165, 1.54) is 43.4 Å². The lowest BCUT2D eigenvalue weighted by Crippen LogP contribution is -2.47. The van der Waals surface area contributed by atoms with Gasteiger partial charge in [-0.3, -0.25) is 9.59 Å². The molecule has 1 fully saturated rings. The van der Waals surface area contributed by atoms with Crippen LogP contribution in [0.5, 0.6) is 0 Å². The standard InChI is InChI=1S/C18H29N3O4S/c1-14(2)21(15-8-6-5-7-9-15)18(23)13-20-12-16(10-11-17(20)22)26(24,25)19(3)4/h10-12,14-15H,5-9,13H2,1-4H3. The monoisotopic (exact) mass is 383 g/mol. The fourth-order valence-corrected chi connectivity index (χ4v) is 4.42. The van der Waals surface area contributed by atoms with Crippen molar-refractivity contribution in [1.82, 2.24) is 13.8 Å². The van der Waals surface area contributed by atoms with Gasteiger partial charge in [-0.1, -0.05) is 19.3 Å². The molecule has 0 radical (unpaired) electrons. The van der Waals surface area contributed by atoms with Crippen LogP contribution in [0.25, 0.3) is 0 Å². The lowest BCUT2D eigenvalue weighted by atomic mass is 9.93. The summed E-state index contributed by atoms with van der Waals surface area (Å²) in [7, 11) is -0.800. The van der Waals surface area contributed by atoms with Crippen LogP contribution in [0.4, 0.5) is 0 Å². The fraction of sp³-hybridized carbons (Fsp3) is 0.667. The van der Waals surface area contributed by atoms with Crippen LogP contribution in [0.2, 0.25) is 0 Å². The number of pyridine rings is 1. The van der Waals surface area contributed by atoms with Gasteiger partial charge in [0.05, 0.1) is 4.90 Å². The minimum Gasteiger partial charge on any atom is -0.336 e. The van der Waals surface area contributed by atoms with Gasteiger partial charge in [-0.15, -0.1) is 0 Å². The van der Waals surface area contributed by atoms with Gasteiger partial charge < -0.3 is 9.47 Å². The molecule has 1 amide bonds. The summed E-state index contributed by atoms with van der Waals surface area (Å²) in [6, 6.07) is 2.71. The molecule has 0 bridgehead atoms. The Kier molecular flexibility index (Phi) is 6.63. The molecule has 1 aromatic heterocycles. The van der Waals surface area contributed by atoms with Crippen LogP contribution < -0.4 is 5.56 Å².